The van der Waals surface area contributed by atoms with E-state index < -0.39 is 5.82 Å². The highest BCUT2D eigenvalue weighted by atomic mass is 79.9. The van der Waals surface area contributed by atoms with Crippen molar-refractivity contribution in [2.24, 2.45) is 0 Å². The summed E-state index contributed by atoms with van der Waals surface area (Å²) in [5.41, 5.74) is 1.85. The first-order valence-corrected chi connectivity index (χ1v) is 6.67. The Kier molecular flexibility index (Phi) is 4.22. The van der Waals surface area contributed by atoms with Gasteiger partial charge in [-0.2, -0.15) is 0 Å². The predicted octanol–water partition coefficient (Wildman–Crippen LogP) is 4.80. The number of benzene rings is 2. The standard InChI is InChI=1S/C14H10BrClFNO/c1-8-6-9(15)2-5-13(8)18-14(19)11-4-3-10(17)7-12(11)16/h2-7H,1H3,(H,18,19). The molecule has 0 saturated carbocycles. The van der Waals surface area contributed by atoms with Crippen LogP contribution in [0.3, 0.4) is 0 Å². The number of halogens is 3. The molecule has 0 aliphatic rings. The van der Waals surface area contributed by atoms with Gasteiger partial charge in [0.2, 0.25) is 0 Å². The molecule has 2 aromatic carbocycles. The fourth-order valence-electron chi connectivity index (χ4n) is 1.63. The van der Waals surface area contributed by atoms with E-state index in [1.54, 1.807) is 6.07 Å². The number of anilines is 1. The highest BCUT2D eigenvalue weighted by Gasteiger charge is 2.12. The Hall–Kier alpha value is -1.39. The number of hydrogen-bond donors (Lipinski definition) is 1. The Bertz CT molecular complexity index is 645. The monoisotopic (exact) mass is 341 g/mol. The van der Waals surface area contributed by atoms with Gasteiger partial charge in [0.15, 0.2) is 0 Å². The third-order valence-electron chi connectivity index (χ3n) is 2.61. The van der Waals surface area contributed by atoms with E-state index in [0.717, 1.165) is 16.1 Å². The number of carbonyl (C=O) groups is 1. The second-order valence-electron chi connectivity index (χ2n) is 4.04. The van der Waals surface area contributed by atoms with Gasteiger partial charge < -0.3 is 5.32 Å². The lowest BCUT2D eigenvalue weighted by atomic mass is 10.1. The number of hydrogen-bond acceptors (Lipinski definition) is 1. The molecule has 0 fully saturated rings. The summed E-state index contributed by atoms with van der Waals surface area (Å²) in [6.07, 6.45) is 0. The smallest absolute Gasteiger partial charge is 0.257 e. The maximum atomic E-state index is 12.9. The summed E-state index contributed by atoms with van der Waals surface area (Å²) in [5.74, 6) is -0.836. The topological polar surface area (TPSA) is 29.1 Å². The quantitative estimate of drug-likeness (QED) is 0.834. The van der Waals surface area contributed by atoms with Gasteiger partial charge in [0.25, 0.3) is 5.91 Å². The van der Waals surface area contributed by atoms with Crippen molar-refractivity contribution in [1.29, 1.82) is 0 Å². The van der Waals surface area contributed by atoms with E-state index in [1.165, 1.54) is 12.1 Å². The number of carbonyl (C=O) groups excluding carboxylic acids is 1. The minimum Gasteiger partial charge on any atom is -0.322 e. The van der Waals surface area contributed by atoms with Crippen LogP contribution in [0, 0.1) is 12.7 Å². The minimum atomic E-state index is -0.471. The zero-order chi connectivity index (χ0) is 14.0. The van der Waals surface area contributed by atoms with Crippen molar-refractivity contribution in [3.05, 3.63) is 62.8 Å². The Morgan fingerprint density at radius 3 is 2.63 bits per heavy atom. The van der Waals surface area contributed by atoms with E-state index >= 15 is 0 Å². The number of nitrogens with one attached hydrogen (secondary N) is 1. The van der Waals surface area contributed by atoms with Crippen LogP contribution in [0.1, 0.15) is 15.9 Å². The third kappa shape index (κ3) is 3.33. The molecule has 0 atom stereocenters. The molecule has 0 saturated heterocycles. The van der Waals surface area contributed by atoms with Crippen LogP contribution in [0.15, 0.2) is 40.9 Å². The molecule has 1 amide bonds. The van der Waals surface area contributed by atoms with Crippen LogP contribution >= 0.6 is 27.5 Å². The average Bonchev–Trinajstić information content (AvgIpc) is 2.32. The van der Waals surface area contributed by atoms with E-state index in [2.05, 4.69) is 21.2 Å². The molecule has 2 aromatic rings. The molecule has 2 nitrogen and oxygen atoms in total. The molecule has 0 spiro atoms. The molecule has 0 aromatic heterocycles. The van der Waals surface area contributed by atoms with Crippen LogP contribution in [-0.2, 0) is 0 Å². The molecule has 2 rings (SSSR count). The van der Waals surface area contributed by atoms with Crippen LogP contribution in [0.2, 0.25) is 5.02 Å². The second kappa shape index (κ2) is 5.72. The van der Waals surface area contributed by atoms with E-state index in [1.807, 2.05) is 19.1 Å². The maximum absolute atomic E-state index is 12.9. The molecule has 0 aliphatic heterocycles. The molecule has 0 bridgehead atoms. The first-order valence-electron chi connectivity index (χ1n) is 5.50. The molecular weight excluding hydrogens is 333 g/mol. The molecule has 5 heteroatoms. The minimum absolute atomic E-state index is 0.0901. The number of amides is 1. The number of aryl methyl sites for hydroxylation is 1. The SMILES string of the molecule is Cc1cc(Br)ccc1NC(=O)c1ccc(F)cc1Cl. The lowest BCUT2D eigenvalue weighted by molar-refractivity contribution is 0.102. The van der Waals surface area contributed by atoms with Crippen molar-refractivity contribution in [1.82, 2.24) is 0 Å². The van der Waals surface area contributed by atoms with Crippen LogP contribution < -0.4 is 5.32 Å². The van der Waals surface area contributed by atoms with Crippen LogP contribution in [0.5, 0.6) is 0 Å². The van der Waals surface area contributed by atoms with Crippen LogP contribution in [0.4, 0.5) is 10.1 Å². The lowest BCUT2D eigenvalue weighted by Crippen LogP contribution is -2.13. The molecule has 1 N–H and O–H groups in total. The molecule has 0 unspecified atom stereocenters. The van der Waals surface area contributed by atoms with Gasteiger partial charge in [-0.25, -0.2) is 4.39 Å². The first kappa shape index (κ1) is 14.0. The van der Waals surface area contributed by atoms with E-state index in [9.17, 15) is 9.18 Å². The van der Waals surface area contributed by atoms with Gasteiger partial charge in [-0.1, -0.05) is 27.5 Å². The summed E-state index contributed by atoms with van der Waals surface area (Å²) in [6, 6.07) is 9.19. The fourth-order valence-corrected chi connectivity index (χ4v) is 2.36. The summed E-state index contributed by atoms with van der Waals surface area (Å²) in [6.45, 7) is 1.88. The van der Waals surface area contributed by atoms with Crippen molar-refractivity contribution in [2.75, 3.05) is 5.32 Å². The molecule has 0 radical (unpaired) electrons. The van der Waals surface area contributed by atoms with Crippen LogP contribution in [-0.4, -0.2) is 5.91 Å². The second-order valence-corrected chi connectivity index (χ2v) is 5.36. The zero-order valence-corrected chi connectivity index (χ0v) is 12.3. The van der Waals surface area contributed by atoms with Gasteiger partial charge in [0.05, 0.1) is 10.6 Å². The van der Waals surface area contributed by atoms with Crippen molar-refractivity contribution < 1.29 is 9.18 Å². The summed E-state index contributed by atoms with van der Waals surface area (Å²) in [5, 5.41) is 2.84. The zero-order valence-electron chi connectivity index (χ0n) is 10.0. The highest BCUT2D eigenvalue weighted by molar-refractivity contribution is 9.10. The van der Waals surface area contributed by atoms with Crippen LogP contribution in [0.25, 0.3) is 0 Å². The van der Waals surface area contributed by atoms with Gasteiger partial charge in [0, 0.05) is 10.2 Å². The van der Waals surface area contributed by atoms with Crippen molar-refractivity contribution in [2.45, 2.75) is 6.92 Å². The largest absolute Gasteiger partial charge is 0.322 e. The van der Waals surface area contributed by atoms with Crippen molar-refractivity contribution in [3.8, 4) is 0 Å². The Morgan fingerprint density at radius 1 is 1.26 bits per heavy atom. The molecular formula is C14H10BrClFNO. The van der Waals surface area contributed by atoms with Crippen molar-refractivity contribution in [3.63, 3.8) is 0 Å². The molecule has 19 heavy (non-hydrogen) atoms. The Balaban J connectivity index is 2.25. The number of rotatable bonds is 2. The van der Waals surface area contributed by atoms with E-state index in [4.69, 9.17) is 11.6 Å². The Labute approximate surface area is 123 Å². The Morgan fingerprint density at radius 2 is 2.00 bits per heavy atom. The van der Waals surface area contributed by atoms with E-state index in [-0.39, 0.29) is 16.5 Å². The maximum Gasteiger partial charge on any atom is 0.257 e. The van der Waals surface area contributed by atoms with Gasteiger partial charge in [-0.15, -0.1) is 0 Å². The molecule has 0 aliphatic carbocycles. The average molecular weight is 343 g/mol. The predicted molar refractivity (Wildman–Crippen MR) is 78.2 cm³/mol. The summed E-state index contributed by atoms with van der Waals surface area (Å²) >= 11 is 9.20. The molecule has 98 valence electrons. The van der Waals surface area contributed by atoms with Gasteiger partial charge >= 0.3 is 0 Å². The summed E-state index contributed by atoms with van der Waals surface area (Å²) < 4.78 is 13.9. The summed E-state index contributed by atoms with van der Waals surface area (Å²) in [7, 11) is 0. The third-order valence-corrected chi connectivity index (χ3v) is 3.42. The summed E-state index contributed by atoms with van der Waals surface area (Å²) in [4.78, 5) is 12.1. The van der Waals surface area contributed by atoms with Gasteiger partial charge in [-0.3, -0.25) is 4.79 Å². The highest BCUT2D eigenvalue weighted by Crippen LogP contribution is 2.22. The van der Waals surface area contributed by atoms with Gasteiger partial charge in [-0.05, 0) is 48.9 Å². The molecule has 0 heterocycles. The van der Waals surface area contributed by atoms with Gasteiger partial charge in [0.1, 0.15) is 5.82 Å². The normalized spacial score (nSPS) is 10.3. The lowest BCUT2D eigenvalue weighted by Gasteiger charge is -2.09. The fraction of sp³-hybridized carbons (Fsp3) is 0.0714. The van der Waals surface area contributed by atoms with E-state index in [0.29, 0.717) is 5.69 Å². The van der Waals surface area contributed by atoms with Crippen molar-refractivity contribution >= 4 is 39.1 Å². The first-order chi connectivity index (χ1) is 8.97.